The highest BCUT2D eigenvalue weighted by Gasteiger charge is 2.21. The Labute approximate surface area is 111 Å². The monoisotopic (exact) mass is 269 g/mol. The fourth-order valence-corrected chi connectivity index (χ4v) is 1.79. The number of anilines is 1. The Morgan fingerprint density at radius 3 is 3.00 bits per heavy atom. The van der Waals surface area contributed by atoms with Crippen molar-refractivity contribution in [1.82, 2.24) is 9.97 Å². The van der Waals surface area contributed by atoms with Gasteiger partial charge in [0.05, 0.1) is 12.2 Å². The van der Waals surface area contributed by atoms with Crippen LogP contribution in [0.5, 0.6) is 0 Å². The number of ether oxygens (including phenoxy) is 1. The van der Waals surface area contributed by atoms with E-state index in [9.17, 15) is 4.79 Å². The SMILES string of the molecule is CN(CCOCC1CC1)c1ncnc(Cl)c1C=O. The van der Waals surface area contributed by atoms with Crippen molar-refractivity contribution in [3.63, 3.8) is 0 Å². The second kappa shape index (κ2) is 6.11. The second-order valence-corrected chi connectivity index (χ2v) is 4.82. The molecule has 0 saturated heterocycles. The molecule has 6 heteroatoms. The first-order chi connectivity index (χ1) is 8.72. The maximum Gasteiger partial charge on any atom is 0.156 e. The zero-order valence-electron chi connectivity index (χ0n) is 10.3. The first-order valence-corrected chi connectivity index (χ1v) is 6.34. The average Bonchev–Trinajstić information content (AvgIpc) is 3.18. The summed E-state index contributed by atoms with van der Waals surface area (Å²) in [5, 5.41) is 0.181. The lowest BCUT2D eigenvalue weighted by Crippen LogP contribution is -2.25. The fraction of sp³-hybridized carbons (Fsp3) is 0.583. The molecular weight excluding hydrogens is 254 g/mol. The lowest BCUT2D eigenvalue weighted by atomic mass is 10.3. The maximum atomic E-state index is 11.0. The summed E-state index contributed by atoms with van der Waals surface area (Å²) in [7, 11) is 1.85. The molecule has 0 aliphatic heterocycles. The number of aromatic nitrogens is 2. The van der Waals surface area contributed by atoms with Crippen LogP contribution in [-0.2, 0) is 4.74 Å². The van der Waals surface area contributed by atoms with Crippen LogP contribution in [0.25, 0.3) is 0 Å². The summed E-state index contributed by atoms with van der Waals surface area (Å²) in [4.78, 5) is 20.7. The summed E-state index contributed by atoms with van der Waals surface area (Å²) in [6, 6.07) is 0. The van der Waals surface area contributed by atoms with Gasteiger partial charge >= 0.3 is 0 Å². The number of carbonyl (C=O) groups is 1. The summed E-state index contributed by atoms with van der Waals surface area (Å²) in [6.45, 7) is 2.12. The van der Waals surface area contributed by atoms with Crippen molar-refractivity contribution in [3.8, 4) is 0 Å². The quantitative estimate of drug-likeness (QED) is 0.429. The Balaban J connectivity index is 1.88. The topological polar surface area (TPSA) is 55.3 Å². The number of rotatable bonds is 7. The molecule has 2 rings (SSSR count). The van der Waals surface area contributed by atoms with Crippen molar-refractivity contribution < 1.29 is 9.53 Å². The van der Waals surface area contributed by atoms with Crippen molar-refractivity contribution in [3.05, 3.63) is 17.0 Å². The number of halogens is 1. The molecule has 0 unspecified atom stereocenters. The minimum Gasteiger partial charge on any atom is -0.379 e. The van der Waals surface area contributed by atoms with Crippen LogP contribution >= 0.6 is 11.6 Å². The molecule has 0 N–H and O–H groups in total. The van der Waals surface area contributed by atoms with Crippen LogP contribution in [0.1, 0.15) is 23.2 Å². The van der Waals surface area contributed by atoms with Crippen molar-refractivity contribution in [2.75, 3.05) is 31.7 Å². The normalized spacial score (nSPS) is 14.6. The average molecular weight is 270 g/mol. The zero-order chi connectivity index (χ0) is 13.0. The Morgan fingerprint density at radius 1 is 1.56 bits per heavy atom. The molecule has 1 aromatic rings. The van der Waals surface area contributed by atoms with Crippen molar-refractivity contribution in [1.29, 1.82) is 0 Å². The number of hydrogen-bond donors (Lipinski definition) is 0. The van der Waals surface area contributed by atoms with Gasteiger partial charge in [0.25, 0.3) is 0 Å². The van der Waals surface area contributed by atoms with Gasteiger partial charge in [-0.3, -0.25) is 4.79 Å². The number of carbonyl (C=O) groups excluding carboxylic acids is 1. The molecule has 1 aliphatic carbocycles. The van der Waals surface area contributed by atoms with Gasteiger partial charge in [-0.15, -0.1) is 0 Å². The third kappa shape index (κ3) is 3.40. The second-order valence-electron chi connectivity index (χ2n) is 4.46. The van der Waals surface area contributed by atoms with Crippen LogP contribution in [0.15, 0.2) is 6.33 Å². The molecular formula is C12H16ClN3O2. The molecule has 0 aromatic carbocycles. The Hall–Kier alpha value is -1.20. The van der Waals surface area contributed by atoms with E-state index in [-0.39, 0.29) is 5.15 Å². The van der Waals surface area contributed by atoms with Gasteiger partial charge in [0.2, 0.25) is 0 Å². The fourth-order valence-electron chi connectivity index (χ4n) is 1.61. The summed E-state index contributed by atoms with van der Waals surface area (Å²) in [5.41, 5.74) is 0.323. The van der Waals surface area contributed by atoms with Crippen LogP contribution in [-0.4, -0.2) is 43.1 Å². The molecule has 0 radical (unpaired) electrons. The van der Waals surface area contributed by atoms with Gasteiger partial charge in [-0.2, -0.15) is 0 Å². The largest absolute Gasteiger partial charge is 0.379 e. The number of likely N-dealkylation sites (N-methyl/N-ethyl adjacent to an activating group) is 1. The summed E-state index contributed by atoms with van der Waals surface area (Å²) < 4.78 is 5.55. The highest BCUT2D eigenvalue weighted by atomic mass is 35.5. The van der Waals surface area contributed by atoms with Crippen LogP contribution in [0.3, 0.4) is 0 Å². The third-order valence-corrected chi connectivity index (χ3v) is 3.22. The highest BCUT2D eigenvalue weighted by Crippen LogP contribution is 2.28. The molecule has 1 heterocycles. The first kappa shape index (κ1) is 13.2. The zero-order valence-corrected chi connectivity index (χ0v) is 11.1. The molecule has 0 amide bonds. The molecule has 5 nitrogen and oxygen atoms in total. The summed E-state index contributed by atoms with van der Waals surface area (Å²) >= 11 is 5.84. The van der Waals surface area contributed by atoms with E-state index >= 15 is 0 Å². The molecule has 1 aliphatic rings. The van der Waals surface area contributed by atoms with Crippen molar-refractivity contribution >= 4 is 23.7 Å². The number of hydrogen-bond acceptors (Lipinski definition) is 5. The molecule has 1 saturated carbocycles. The lowest BCUT2D eigenvalue weighted by molar-refractivity contribution is 0.112. The first-order valence-electron chi connectivity index (χ1n) is 5.97. The van der Waals surface area contributed by atoms with Crippen LogP contribution < -0.4 is 4.90 Å². The molecule has 0 bridgehead atoms. The molecule has 1 aromatic heterocycles. The van der Waals surface area contributed by atoms with Gasteiger partial charge in [-0.1, -0.05) is 11.6 Å². The summed E-state index contributed by atoms with van der Waals surface area (Å²) in [5.74, 6) is 1.30. The van der Waals surface area contributed by atoms with Gasteiger partial charge in [0.1, 0.15) is 17.3 Å². The Bertz CT molecular complexity index is 424. The molecule has 98 valence electrons. The maximum absolute atomic E-state index is 11.0. The van der Waals surface area contributed by atoms with E-state index < -0.39 is 0 Å². The van der Waals surface area contributed by atoms with E-state index in [0.29, 0.717) is 30.8 Å². The third-order valence-electron chi connectivity index (χ3n) is 2.92. The van der Waals surface area contributed by atoms with E-state index in [1.807, 2.05) is 11.9 Å². The van der Waals surface area contributed by atoms with E-state index in [1.165, 1.54) is 19.2 Å². The minimum atomic E-state index is 0.181. The van der Waals surface area contributed by atoms with Gasteiger partial charge in [-0.25, -0.2) is 9.97 Å². The van der Waals surface area contributed by atoms with E-state index in [1.54, 1.807) is 0 Å². The number of aldehydes is 1. The van der Waals surface area contributed by atoms with Gasteiger partial charge in [-0.05, 0) is 18.8 Å². The Kier molecular flexibility index (Phi) is 4.49. The van der Waals surface area contributed by atoms with E-state index in [4.69, 9.17) is 16.3 Å². The van der Waals surface area contributed by atoms with Crippen LogP contribution in [0.4, 0.5) is 5.82 Å². The predicted octanol–water partition coefficient (Wildman–Crippen LogP) is 1.81. The number of nitrogens with zero attached hydrogens (tertiary/aromatic N) is 3. The van der Waals surface area contributed by atoms with Gasteiger partial charge in [0.15, 0.2) is 6.29 Å². The van der Waals surface area contributed by atoms with E-state index in [2.05, 4.69) is 9.97 Å². The van der Waals surface area contributed by atoms with Gasteiger partial charge in [0, 0.05) is 20.2 Å². The summed E-state index contributed by atoms with van der Waals surface area (Å²) in [6.07, 6.45) is 4.60. The smallest absolute Gasteiger partial charge is 0.156 e. The predicted molar refractivity (Wildman–Crippen MR) is 69.2 cm³/mol. The van der Waals surface area contributed by atoms with Crippen LogP contribution in [0, 0.1) is 5.92 Å². The molecule has 0 spiro atoms. The minimum absolute atomic E-state index is 0.181. The molecule has 0 atom stereocenters. The highest BCUT2D eigenvalue weighted by molar-refractivity contribution is 6.32. The van der Waals surface area contributed by atoms with Crippen molar-refractivity contribution in [2.24, 2.45) is 5.92 Å². The van der Waals surface area contributed by atoms with Crippen LogP contribution in [0.2, 0.25) is 5.15 Å². The van der Waals surface area contributed by atoms with E-state index in [0.717, 1.165) is 12.5 Å². The Morgan fingerprint density at radius 2 is 2.33 bits per heavy atom. The lowest BCUT2D eigenvalue weighted by Gasteiger charge is -2.19. The molecule has 1 fully saturated rings. The van der Waals surface area contributed by atoms with Gasteiger partial charge < -0.3 is 9.64 Å². The standard InChI is InChI=1S/C12H16ClN3O2/c1-16(4-5-18-7-9-2-3-9)12-10(6-17)11(13)14-8-15-12/h6,8-9H,2-5,7H2,1H3. The van der Waals surface area contributed by atoms with Crippen molar-refractivity contribution in [2.45, 2.75) is 12.8 Å². The molecule has 18 heavy (non-hydrogen) atoms.